The number of rotatable bonds is 4. The molecule has 8 nitrogen and oxygen atoms in total. The summed E-state index contributed by atoms with van der Waals surface area (Å²) in [6, 6.07) is 20.7. The lowest BCUT2D eigenvalue weighted by Gasteiger charge is -2.38. The van der Waals surface area contributed by atoms with E-state index in [9.17, 15) is 19.6 Å². The third kappa shape index (κ3) is 4.47. The number of benzene rings is 2. The van der Waals surface area contributed by atoms with Crippen molar-refractivity contribution in [1.82, 2.24) is 19.6 Å². The molecule has 31 heavy (non-hydrogen) atoms. The Bertz CT molecular complexity index is 1240. The van der Waals surface area contributed by atoms with Gasteiger partial charge in [0.2, 0.25) is 0 Å². The van der Waals surface area contributed by atoms with Crippen LogP contribution >= 0.6 is 0 Å². The summed E-state index contributed by atoms with van der Waals surface area (Å²) in [5, 5.41) is 12.1. The predicted molar refractivity (Wildman–Crippen MR) is 115 cm³/mol. The number of nitrogens with zero attached hydrogens (tertiary/aromatic N) is 4. The van der Waals surface area contributed by atoms with Gasteiger partial charge in [0.1, 0.15) is 6.04 Å². The van der Waals surface area contributed by atoms with Crippen LogP contribution in [0.5, 0.6) is 0 Å². The van der Waals surface area contributed by atoms with Gasteiger partial charge in [-0.2, -0.15) is 5.26 Å². The summed E-state index contributed by atoms with van der Waals surface area (Å²) in [6.07, 6.45) is 0. The number of carbonyl (C=O) groups excluding carboxylic acids is 1. The highest BCUT2D eigenvalue weighted by Gasteiger charge is 2.30. The number of hydrogen-bond acceptors (Lipinski definition) is 5. The number of amides is 1. The first-order chi connectivity index (χ1) is 15.0. The zero-order chi connectivity index (χ0) is 21.8. The summed E-state index contributed by atoms with van der Waals surface area (Å²) in [5.41, 5.74) is 1.10. The molecule has 1 amide bonds. The Kier molecular flexibility index (Phi) is 5.78. The van der Waals surface area contributed by atoms with E-state index in [0.29, 0.717) is 37.4 Å². The number of hydrogen-bond donors (Lipinski definition) is 1. The lowest BCUT2D eigenvalue weighted by atomic mass is 10.1. The van der Waals surface area contributed by atoms with Gasteiger partial charge in [0, 0.05) is 43.9 Å². The van der Waals surface area contributed by atoms with Gasteiger partial charge in [-0.25, -0.2) is 4.68 Å². The molecule has 1 fully saturated rings. The predicted octanol–water partition coefficient (Wildman–Crippen LogP) is 1.38. The van der Waals surface area contributed by atoms with Crippen LogP contribution in [-0.4, -0.2) is 51.2 Å². The van der Waals surface area contributed by atoms with Crippen LogP contribution in [0.3, 0.4) is 0 Å². The Balaban J connectivity index is 1.52. The summed E-state index contributed by atoms with van der Waals surface area (Å²) in [4.78, 5) is 40.5. The maximum absolute atomic E-state index is 13.1. The van der Waals surface area contributed by atoms with E-state index < -0.39 is 17.2 Å². The summed E-state index contributed by atoms with van der Waals surface area (Å²) in [5.74, 6) is -0.215. The molecule has 0 radical (unpaired) electrons. The minimum atomic E-state index is -0.414. The molecule has 2 heterocycles. The number of aromatic amines is 1. The standard InChI is InChI=1S/C23H21N5O3/c24-14-20-16-27(12-11-26(20)15-17-5-2-1-3-6-17)23(31)18-7-4-8-19(13-18)28-22(30)10-9-21(29)25-28/h1-10,13,20H,11-12,15-16H2,(H,25,29). The largest absolute Gasteiger partial charge is 0.335 e. The first kappa shape index (κ1) is 20.3. The fourth-order valence-electron chi connectivity index (χ4n) is 3.71. The van der Waals surface area contributed by atoms with Crippen molar-refractivity contribution < 1.29 is 4.79 Å². The van der Waals surface area contributed by atoms with Crippen molar-refractivity contribution in [2.24, 2.45) is 0 Å². The molecule has 2 aromatic carbocycles. The molecule has 1 saturated heterocycles. The summed E-state index contributed by atoms with van der Waals surface area (Å²) < 4.78 is 1.11. The first-order valence-electron chi connectivity index (χ1n) is 9.95. The van der Waals surface area contributed by atoms with Crippen molar-refractivity contribution in [3.8, 4) is 11.8 Å². The quantitative estimate of drug-likeness (QED) is 0.694. The topological polar surface area (TPSA) is 102 Å². The van der Waals surface area contributed by atoms with Gasteiger partial charge in [-0.3, -0.25) is 24.4 Å². The molecule has 0 spiro atoms. The van der Waals surface area contributed by atoms with Crippen LogP contribution in [-0.2, 0) is 6.54 Å². The van der Waals surface area contributed by atoms with Crippen molar-refractivity contribution in [3.05, 3.63) is 98.6 Å². The Morgan fingerprint density at radius 1 is 1.03 bits per heavy atom. The van der Waals surface area contributed by atoms with Crippen LogP contribution in [0.25, 0.3) is 5.69 Å². The Labute approximate surface area is 178 Å². The van der Waals surface area contributed by atoms with Crippen LogP contribution in [0.2, 0.25) is 0 Å². The molecular weight excluding hydrogens is 394 g/mol. The maximum Gasteiger partial charge on any atom is 0.269 e. The van der Waals surface area contributed by atoms with Gasteiger partial charge in [0.25, 0.3) is 17.0 Å². The van der Waals surface area contributed by atoms with E-state index in [2.05, 4.69) is 16.1 Å². The van der Waals surface area contributed by atoms with Gasteiger partial charge in [0.15, 0.2) is 0 Å². The average molecular weight is 415 g/mol. The van der Waals surface area contributed by atoms with Crippen molar-refractivity contribution in [3.63, 3.8) is 0 Å². The van der Waals surface area contributed by atoms with Crippen molar-refractivity contribution in [2.75, 3.05) is 19.6 Å². The summed E-state index contributed by atoms with van der Waals surface area (Å²) in [6.45, 7) is 2.04. The zero-order valence-corrected chi connectivity index (χ0v) is 16.8. The molecular formula is C23H21N5O3. The second-order valence-electron chi connectivity index (χ2n) is 7.39. The van der Waals surface area contributed by atoms with Crippen LogP contribution in [0.15, 0.2) is 76.3 Å². The number of aromatic nitrogens is 2. The van der Waals surface area contributed by atoms with E-state index in [1.165, 1.54) is 6.07 Å². The third-order valence-electron chi connectivity index (χ3n) is 5.33. The zero-order valence-electron chi connectivity index (χ0n) is 16.8. The van der Waals surface area contributed by atoms with Crippen molar-refractivity contribution >= 4 is 5.91 Å². The molecule has 0 aliphatic carbocycles. The number of carbonyl (C=O) groups is 1. The van der Waals surface area contributed by atoms with Crippen LogP contribution in [0.1, 0.15) is 15.9 Å². The average Bonchev–Trinajstić information content (AvgIpc) is 2.81. The van der Waals surface area contributed by atoms with Crippen LogP contribution in [0, 0.1) is 11.3 Å². The number of nitrogens with one attached hydrogen (secondary N) is 1. The smallest absolute Gasteiger partial charge is 0.269 e. The normalized spacial score (nSPS) is 16.6. The first-order valence-corrected chi connectivity index (χ1v) is 9.95. The second kappa shape index (κ2) is 8.81. The van der Waals surface area contributed by atoms with E-state index in [-0.39, 0.29) is 5.91 Å². The number of H-pyrrole nitrogens is 1. The molecule has 156 valence electrons. The minimum Gasteiger partial charge on any atom is -0.335 e. The molecule has 1 aromatic heterocycles. The summed E-state index contributed by atoms with van der Waals surface area (Å²) in [7, 11) is 0. The van der Waals surface area contributed by atoms with Crippen LogP contribution in [0.4, 0.5) is 0 Å². The molecule has 1 aliphatic heterocycles. The van der Waals surface area contributed by atoms with E-state index in [1.54, 1.807) is 29.2 Å². The van der Waals surface area contributed by atoms with Gasteiger partial charge in [-0.05, 0) is 23.8 Å². The van der Waals surface area contributed by atoms with E-state index in [4.69, 9.17) is 0 Å². The fourth-order valence-corrected chi connectivity index (χ4v) is 3.71. The molecule has 3 aromatic rings. The van der Waals surface area contributed by atoms with E-state index >= 15 is 0 Å². The van der Waals surface area contributed by atoms with Crippen LogP contribution < -0.4 is 11.1 Å². The highest BCUT2D eigenvalue weighted by Crippen LogP contribution is 2.17. The molecule has 0 saturated carbocycles. The Morgan fingerprint density at radius 3 is 2.61 bits per heavy atom. The molecule has 0 bridgehead atoms. The molecule has 1 unspecified atom stereocenters. The van der Waals surface area contributed by atoms with E-state index in [1.807, 2.05) is 30.3 Å². The van der Waals surface area contributed by atoms with Gasteiger partial charge in [0.05, 0.1) is 11.8 Å². The lowest BCUT2D eigenvalue weighted by Crippen LogP contribution is -2.53. The number of nitriles is 1. The minimum absolute atomic E-state index is 0.215. The van der Waals surface area contributed by atoms with Crippen molar-refractivity contribution in [1.29, 1.82) is 5.26 Å². The molecule has 1 aliphatic rings. The van der Waals surface area contributed by atoms with E-state index in [0.717, 1.165) is 16.3 Å². The molecule has 4 rings (SSSR count). The van der Waals surface area contributed by atoms with Gasteiger partial charge in [-0.15, -0.1) is 0 Å². The monoisotopic (exact) mass is 415 g/mol. The van der Waals surface area contributed by atoms with Crippen molar-refractivity contribution in [2.45, 2.75) is 12.6 Å². The molecule has 1 N–H and O–H groups in total. The fraction of sp³-hybridized carbons (Fsp3) is 0.217. The van der Waals surface area contributed by atoms with Gasteiger partial charge in [-0.1, -0.05) is 36.4 Å². The number of piperazine rings is 1. The Hall–Kier alpha value is -3.96. The maximum atomic E-state index is 13.1. The lowest BCUT2D eigenvalue weighted by molar-refractivity contribution is 0.0552. The Morgan fingerprint density at radius 2 is 1.84 bits per heavy atom. The highest BCUT2D eigenvalue weighted by molar-refractivity contribution is 5.94. The van der Waals surface area contributed by atoms with Gasteiger partial charge < -0.3 is 4.90 Å². The summed E-state index contributed by atoms with van der Waals surface area (Å²) >= 11 is 0. The second-order valence-corrected chi connectivity index (χ2v) is 7.39. The van der Waals surface area contributed by atoms with Gasteiger partial charge >= 0.3 is 0 Å². The highest BCUT2D eigenvalue weighted by atomic mass is 16.2. The molecule has 8 heteroatoms. The SMILES string of the molecule is N#CC1CN(C(=O)c2cccc(-n3[nH]c(=O)ccc3=O)c2)CCN1Cc1ccccc1. The third-order valence-corrected chi connectivity index (χ3v) is 5.33. The molecule has 1 atom stereocenters.